The standard InChI is InChI=1S/C13H23N3O2S/c1-10(15-12(17)18-13(2,3)4)11-8-14-9-16(11)6-7-19-5/h8-10H,6-7H2,1-5H3,(H,15,17)/t10-/m1/s1. The molecular formula is C13H23N3O2S. The van der Waals surface area contributed by atoms with Gasteiger partial charge in [0.1, 0.15) is 5.60 Å². The van der Waals surface area contributed by atoms with Gasteiger partial charge in [0.05, 0.1) is 24.3 Å². The zero-order chi connectivity index (χ0) is 14.5. The fourth-order valence-electron chi connectivity index (χ4n) is 1.63. The topological polar surface area (TPSA) is 56.2 Å². The molecule has 0 unspecified atom stereocenters. The largest absolute Gasteiger partial charge is 0.444 e. The lowest BCUT2D eigenvalue weighted by molar-refractivity contribution is 0.0506. The quantitative estimate of drug-likeness (QED) is 0.904. The van der Waals surface area contributed by atoms with E-state index in [9.17, 15) is 4.79 Å². The monoisotopic (exact) mass is 285 g/mol. The van der Waals surface area contributed by atoms with Gasteiger partial charge in [-0.25, -0.2) is 9.78 Å². The number of alkyl carbamates (subject to hydrolysis) is 1. The van der Waals surface area contributed by atoms with Crippen LogP contribution >= 0.6 is 11.8 Å². The molecule has 0 saturated carbocycles. The highest BCUT2D eigenvalue weighted by molar-refractivity contribution is 7.98. The smallest absolute Gasteiger partial charge is 0.408 e. The first-order chi connectivity index (χ1) is 8.83. The van der Waals surface area contributed by atoms with Crippen LogP contribution in [0, 0.1) is 0 Å². The molecule has 1 amide bonds. The summed E-state index contributed by atoms with van der Waals surface area (Å²) in [7, 11) is 0. The van der Waals surface area contributed by atoms with Gasteiger partial charge in [-0.2, -0.15) is 11.8 Å². The maximum atomic E-state index is 11.7. The van der Waals surface area contributed by atoms with Crippen LogP contribution in [0.25, 0.3) is 0 Å². The molecule has 5 nitrogen and oxygen atoms in total. The second kappa shape index (κ2) is 6.84. The van der Waals surface area contributed by atoms with Crippen molar-refractivity contribution in [3.05, 3.63) is 18.2 Å². The number of carbonyl (C=O) groups excluding carboxylic acids is 1. The normalized spacial score (nSPS) is 13.1. The van der Waals surface area contributed by atoms with Gasteiger partial charge in [0.25, 0.3) is 0 Å². The minimum Gasteiger partial charge on any atom is -0.444 e. The molecule has 1 atom stereocenters. The maximum absolute atomic E-state index is 11.7. The molecule has 0 bridgehead atoms. The van der Waals surface area contributed by atoms with Crippen molar-refractivity contribution in [2.45, 2.75) is 45.9 Å². The molecule has 0 aliphatic carbocycles. The summed E-state index contributed by atoms with van der Waals surface area (Å²) >= 11 is 1.78. The lowest BCUT2D eigenvalue weighted by atomic mass is 10.2. The van der Waals surface area contributed by atoms with E-state index in [2.05, 4.69) is 21.1 Å². The van der Waals surface area contributed by atoms with Crippen LogP contribution in [-0.2, 0) is 11.3 Å². The number of aromatic nitrogens is 2. The molecule has 0 aliphatic rings. The van der Waals surface area contributed by atoms with Gasteiger partial charge in [0, 0.05) is 12.3 Å². The van der Waals surface area contributed by atoms with Crippen LogP contribution in [0.1, 0.15) is 39.4 Å². The van der Waals surface area contributed by atoms with Crippen molar-refractivity contribution in [1.82, 2.24) is 14.9 Å². The summed E-state index contributed by atoms with van der Waals surface area (Å²) in [5.74, 6) is 1.02. The van der Waals surface area contributed by atoms with E-state index in [1.54, 1.807) is 24.3 Å². The molecule has 0 saturated heterocycles. The minimum absolute atomic E-state index is 0.126. The fraction of sp³-hybridized carbons (Fsp3) is 0.692. The van der Waals surface area contributed by atoms with E-state index in [0.29, 0.717) is 0 Å². The van der Waals surface area contributed by atoms with Gasteiger partial charge in [-0.1, -0.05) is 0 Å². The van der Waals surface area contributed by atoms with Gasteiger partial charge in [0.15, 0.2) is 0 Å². The first-order valence-corrected chi connectivity index (χ1v) is 7.71. The number of hydrogen-bond donors (Lipinski definition) is 1. The Hall–Kier alpha value is -1.17. The number of hydrogen-bond acceptors (Lipinski definition) is 4. The molecule has 1 aromatic heterocycles. The number of thioether (sulfide) groups is 1. The first kappa shape index (κ1) is 15.9. The van der Waals surface area contributed by atoms with Crippen molar-refractivity contribution in [2.24, 2.45) is 0 Å². The van der Waals surface area contributed by atoms with Gasteiger partial charge in [0.2, 0.25) is 0 Å². The van der Waals surface area contributed by atoms with Gasteiger partial charge >= 0.3 is 6.09 Å². The van der Waals surface area contributed by atoms with Crippen molar-refractivity contribution in [3.8, 4) is 0 Å². The summed E-state index contributed by atoms with van der Waals surface area (Å²) in [6, 6.07) is -0.126. The van der Waals surface area contributed by atoms with Crippen LogP contribution in [0.2, 0.25) is 0 Å². The maximum Gasteiger partial charge on any atom is 0.408 e. The number of ether oxygens (including phenoxy) is 1. The van der Waals surface area contributed by atoms with Crippen molar-refractivity contribution >= 4 is 17.9 Å². The highest BCUT2D eigenvalue weighted by Gasteiger charge is 2.19. The number of nitrogens with zero attached hydrogens (tertiary/aromatic N) is 2. The third-order valence-corrected chi connectivity index (χ3v) is 3.05. The Morgan fingerprint density at radius 2 is 2.26 bits per heavy atom. The Morgan fingerprint density at radius 1 is 1.58 bits per heavy atom. The molecule has 1 heterocycles. The SMILES string of the molecule is CSCCn1cncc1[C@@H](C)NC(=O)OC(C)(C)C. The third-order valence-electron chi connectivity index (χ3n) is 2.46. The second-order valence-corrected chi connectivity index (χ2v) is 6.36. The lowest BCUT2D eigenvalue weighted by Gasteiger charge is -2.22. The van der Waals surface area contributed by atoms with Crippen LogP contribution in [0.3, 0.4) is 0 Å². The average molecular weight is 285 g/mol. The molecule has 19 heavy (non-hydrogen) atoms. The van der Waals surface area contributed by atoms with Crippen molar-refractivity contribution in [2.75, 3.05) is 12.0 Å². The molecule has 0 fully saturated rings. The highest BCUT2D eigenvalue weighted by atomic mass is 32.2. The molecule has 1 aromatic rings. The summed E-state index contributed by atoms with van der Waals surface area (Å²) in [5, 5.41) is 2.83. The summed E-state index contributed by atoms with van der Waals surface area (Å²) < 4.78 is 7.30. The number of aryl methyl sites for hydroxylation is 1. The van der Waals surface area contributed by atoms with E-state index >= 15 is 0 Å². The summed E-state index contributed by atoms with van der Waals surface area (Å²) in [5.41, 5.74) is 0.503. The Bertz CT molecular complexity index is 412. The molecule has 1 rings (SSSR count). The molecule has 0 radical (unpaired) electrons. The van der Waals surface area contributed by atoms with Crippen LogP contribution in [-0.4, -0.2) is 33.3 Å². The lowest BCUT2D eigenvalue weighted by Crippen LogP contribution is -2.34. The van der Waals surface area contributed by atoms with E-state index in [1.807, 2.05) is 27.7 Å². The second-order valence-electron chi connectivity index (χ2n) is 5.37. The van der Waals surface area contributed by atoms with E-state index in [4.69, 9.17) is 4.74 Å². The van der Waals surface area contributed by atoms with Crippen molar-refractivity contribution in [3.63, 3.8) is 0 Å². The van der Waals surface area contributed by atoms with E-state index < -0.39 is 11.7 Å². The molecule has 0 aromatic carbocycles. The number of carbonyl (C=O) groups is 1. The fourth-order valence-corrected chi connectivity index (χ4v) is 2.01. The predicted octanol–water partition coefficient (Wildman–Crippen LogP) is 2.83. The summed E-state index contributed by atoms with van der Waals surface area (Å²) in [6.45, 7) is 8.35. The van der Waals surface area contributed by atoms with Crippen LogP contribution in [0.4, 0.5) is 4.79 Å². The molecular weight excluding hydrogens is 262 g/mol. The van der Waals surface area contributed by atoms with Gasteiger partial charge in [-0.05, 0) is 34.0 Å². The molecule has 0 aliphatic heterocycles. The number of nitrogens with one attached hydrogen (secondary N) is 1. The highest BCUT2D eigenvalue weighted by Crippen LogP contribution is 2.14. The molecule has 0 spiro atoms. The summed E-state index contributed by atoms with van der Waals surface area (Å²) in [4.78, 5) is 15.9. The van der Waals surface area contributed by atoms with E-state index in [1.165, 1.54) is 0 Å². The van der Waals surface area contributed by atoms with Crippen molar-refractivity contribution < 1.29 is 9.53 Å². The van der Waals surface area contributed by atoms with Crippen LogP contribution < -0.4 is 5.32 Å². The zero-order valence-corrected chi connectivity index (χ0v) is 13.1. The number of amides is 1. The number of imidazole rings is 1. The van der Waals surface area contributed by atoms with Gasteiger partial charge < -0.3 is 14.6 Å². The molecule has 6 heteroatoms. The Balaban J connectivity index is 2.60. The van der Waals surface area contributed by atoms with Crippen LogP contribution in [0.15, 0.2) is 12.5 Å². The molecule has 1 N–H and O–H groups in total. The molecule has 108 valence electrons. The first-order valence-electron chi connectivity index (χ1n) is 6.32. The van der Waals surface area contributed by atoms with E-state index in [0.717, 1.165) is 18.0 Å². The Kier molecular flexibility index (Phi) is 5.72. The average Bonchev–Trinajstić information content (AvgIpc) is 2.71. The number of rotatable bonds is 5. The van der Waals surface area contributed by atoms with Crippen LogP contribution in [0.5, 0.6) is 0 Å². The minimum atomic E-state index is -0.483. The van der Waals surface area contributed by atoms with E-state index in [-0.39, 0.29) is 6.04 Å². The van der Waals surface area contributed by atoms with Crippen molar-refractivity contribution in [1.29, 1.82) is 0 Å². The third kappa shape index (κ3) is 5.55. The zero-order valence-electron chi connectivity index (χ0n) is 12.3. The predicted molar refractivity (Wildman–Crippen MR) is 78.4 cm³/mol. The van der Waals surface area contributed by atoms with Gasteiger partial charge in [-0.15, -0.1) is 0 Å². The van der Waals surface area contributed by atoms with Gasteiger partial charge in [-0.3, -0.25) is 0 Å². The Labute approximate surface area is 119 Å². The summed E-state index contributed by atoms with van der Waals surface area (Å²) in [6.07, 6.45) is 5.23. The Morgan fingerprint density at radius 3 is 2.84 bits per heavy atom.